The van der Waals surface area contributed by atoms with Crippen LogP contribution in [-0.2, 0) is 9.59 Å². The van der Waals surface area contributed by atoms with Crippen LogP contribution in [0.15, 0.2) is 23.1 Å². The van der Waals surface area contributed by atoms with E-state index in [1.807, 2.05) is 0 Å². The Hall–Kier alpha value is -2.06. The van der Waals surface area contributed by atoms with Crippen molar-refractivity contribution in [3.05, 3.63) is 28.7 Å². The monoisotopic (exact) mass is 325 g/mol. The number of nitrogens with one attached hydrogen (secondary N) is 1. The fraction of sp³-hybridized carbons (Fsp3) is 0.154. The van der Waals surface area contributed by atoms with E-state index in [0.29, 0.717) is 26.3 Å². The zero-order valence-electron chi connectivity index (χ0n) is 10.9. The first-order chi connectivity index (χ1) is 9.99. The van der Waals surface area contributed by atoms with Gasteiger partial charge in [0, 0.05) is 5.56 Å². The van der Waals surface area contributed by atoms with Gasteiger partial charge in [-0.15, -0.1) is 0 Å². The number of aliphatic carboxylic acids is 1. The molecule has 0 radical (unpaired) electrons. The highest BCUT2D eigenvalue weighted by Gasteiger charge is 2.22. The third-order valence-electron chi connectivity index (χ3n) is 2.50. The molecule has 8 heteroatoms. The molecule has 0 atom stereocenters. The second-order valence-corrected chi connectivity index (χ2v) is 5.66. The van der Waals surface area contributed by atoms with Crippen LogP contribution in [0.5, 0.6) is 11.5 Å². The lowest BCUT2D eigenvalue weighted by Crippen LogP contribution is -2.17. The molecule has 0 unspecified atom stereocenters. The zero-order valence-corrected chi connectivity index (χ0v) is 12.5. The van der Waals surface area contributed by atoms with Crippen LogP contribution in [-0.4, -0.2) is 35.0 Å². The number of thiocarbonyl (C=S) groups is 1. The van der Waals surface area contributed by atoms with Gasteiger partial charge in [0.05, 0.1) is 12.0 Å². The van der Waals surface area contributed by atoms with Gasteiger partial charge in [-0.25, -0.2) is 4.79 Å². The smallest absolute Gasteiger partial charge is 0.341 e. The second-order valence-electron chi connectivity index (χ2n) is 3.94. The predicted octanol–water partition coefficient (Wildman–Crippen LogP) is 1.65. The first kappa shape index (κ1) is 15.3. The molecule has 0 spiro atoms. The van der Waals surface area contributed by atoms with Gasteiger partial charge in [0.25, 0.3) is 5.91 Å². The first-order valence-electron chi connectivity index (χ1n) is 5.77. The van der Waals surface area contributed by atoms with Crippen LogP contribution in [0.25, 0.3) is 6.08 Å². The fourth-order valence-electron chi connectivity index (χ4n) is 1.60. The second kappa shape index (κ2) is 6.59. The number of hydrogen-bond acceptors (Lipinski definition) is 6. The number of benzene rings is 1. The molecule has 1 heterocycles. The number of ether oxygens (including phenoxy) is 2. The van der Waals surface area contributed by atoms with Crippen molar-refractivity contribution in [3.63, 3.8) is 0 Å². The maximum Gasteiger partial charge on any atom is 0.341 e. The van der Waals surface area contributed by atoms with Crippen LogP contribution < -0.4 is 14.8 Å². The number of rotatable bonds is 5. The summed E-state index contributed by atoms with van der Waals surface area (Å²) in [6.07, 6.45) is 1.58. The number of carboxylic acid groups (broad SMARTS) is 1. The third-order valence-corrected chi connectivity index (χ3v) is 3.66. The molecule has 1 aliphatic heterocycles. The molecule has 1 aliphatic rings. The van der Waals surface area contributed by atoms with Crippen LogP contribution in [0.2, 0.25) is 0 Å². The highest BCUT2D eigenvalue weighted by Crippen LogP contribution is 2.31. The molecule has 21 heavy (non-hydrogen) atoms. The molecule has 0 saturated carbocycles. The summed E-state index contributed by atoms with van der Waals surface area (Å²) >= 11 is 6.05. The molecule has 2 rings (SSSR count). The molecule has 1 aromatic carbocycles. The van der Waals surface area contributed by atoms with Gasteiger partial charge in [0.15, 0.2) is 6.61 Å². The molecule has 0 bridgehead atoms. The average molecular weight is 325 g/mol. The van der Waals surface area contributed by atoms with Crippen molar-refractivity contribution in [1.82, 2.24) is 5.32 Å². The number of carboxylic acids is 1. The summed E-state index contributed by atoms with van der Waals surface area (Å²) in [6, 6.07) is 4.88. The van der Waals surface area contributed by atoms with Crippen molar-refractivity contribution in [2.24, 2.45) is 0 Å². The molecule has 6 nitrogen and oxygen atoms in total. The van der Waals surface area contributed by atoms with E-state index in [9.17, 15) is 9.59 Å². The van der Waals surface area contributed by atoms with Crippen molar-refractivity contribution in [3.8, 4) is 11.5 Å². The normalized spacial score (nSPS) is 16.0. The number of thioether (sulfide) groups is 1. The van der Waals surface area contributed by atoms with E-state index < -0.39 is 12.6 Å². The van der Waals surface area contributed by atoms with E-state index in [4.69, 9.17) is 26.8 Å². The quantitative estimate of drug-likeness (QED) is 0.629. The Kier molecular flexibility index (Phi) is 4.81. The maximum atomic E-state index is 11.7. The van der Waals surface area contributed by atoms with Gasteiger partial charge in [-0.05, 0) is 24.3 Å². The number of methoxy groups -OCH3 is 1. The molecule has 0 aliphatic carbocycles. The summed E-state index contributed by atoms with van der Waals surface area (Å²) in [5.41, 5.74) is 0.540. The topological polar surface area (TPSA) is 84.9 Å². The highest BCUT2D eigenvalue weighted by molar-refractivity contribution is 8.26. The molecule has 1 amide bonds. The lowest BCUT2D eigenvalue weighted by atomic mass is 10.1. The van der Waals surface area contributed by atoms with Gasteiger partial charge in [-0.3, -0.25) is 4.79 Å². The molecule has 1 fully saturated rings. The molecular weight excluding hydrogens is 314 g/mol. The van der Waals surface area contributed by atoms with Gasteiger partial charge < -0.3 is 19.9 Å². The molecular formula is C13H11NO5S2. The van der Waals surface area contributed by atoms with E-state index in [1.54, 1.807) is 24.3 Å². The Morgan fingerprint density at radius 1 is 1.52 bits per heavy atom. The zero-order chi connectivity index (χ0) is 15.4. The Morgan fingerprint density at radius 2 is 2.29 bits per heavy atom. The van der Waals surface area contributed by atoms with E-state index >= 15 is 0 Å². The Bertz CT molecular complexity index is 641. The number of carbonyl (C=O) groups excluding carboxylic acids is 1. The molecule has 0 aromatic heterocycles. The summed E-state index contributed by atoms with van der Waals surface area (Å²) in [4.78, 5) is 22.7. The molecule has 110 valence electrons. The van der Waals surface area contributed by atoms with E-state index in [2.05, 4.69) is 5.32 Å². The lowest BCUT2D eigenvalue weighted by molar-refractivity contribution is -0.139. The van der Waals surface area contributed by atoms with Gasteiger partial charge in [-0.2, -0.15) is 0 Å². The Morgan fingerprint density at radius 3 is 2.86 bits per heavy atom. The first-order valence-corrected chi connectivity index (χ1v) is 6.99. The summed E-state index contributed by atoms with van der Waals surface area (Å²) in [5, 5.41) is 11.2. The van der Waals surface area contributed by atoms with Gasteiger partial charge >= 0.3 is 5.97 Å². The van der Waals surface area contributed by atoms with Crippen LogP contribution >= 0.6 is 24.0 Å². The minimum absolute atomic E-state index is 0.294. The minimum Gasteiger partial charge on any atom is -0.497 e. The fourth-order valence-corrected chi connectivity index (χ4v) is 2.63. The maximum absolute atomic E-state index is 11.7. The molecule has 1 aromatic rings. The van der Waals surface area contributed by atoms with Crippen LogP contribution in [0.1, 0.15) is 5.56 Å². The standard InChI is InChI=1S/C13H11NO5S2/c1-18-8-2-3-9(19-6-11(15)16)7(4-8)5-10-12(17)14-13(20)21-10/h2-5H,6H2,1H3,(H,15,16)(H,14,17,20). The largest absolute Gasteiger partial charge is 0.497 e. The van der Waals surface area contributed by atoms with Crippen LogP contribution in [0.4, 0.5) is 0 Å². The SMILES string of the molecule is COc1ccc(OCC(=O)O)c(C=C2SC(=S)NC2=O)c1. The van der Waals surface area contributed by atoms with Crippen molar-refractivity contribution in [1.29, 1.82) is 0 Å². The summed E-state index contributed by atoms with van der Waals surface area (Å²) in [5.74, 6) is -0.469. The molecule has 1 saturated heterocycles. The number of amides is 1. The highest BCUT2D eigenvalue weighted by atomic mass is 32.2. The number of carbonyl (C=O) groups is 2. The van der Waals surface area contributed by atoms with E-state index in [-0.39, 0.29) is 5.91 Å². The van der Waals surface area contributed by atoms with E-state index in [0.717, 1.165) is 11.8 Å². The summed E-state index contributed by atoms with van der Waals surface area (Å²) in [6.45, 7) is -0.472. The van der Waals surface area contributed by atoms with Gasteiger partial charge in [0.2, 0.25) is 0 Å². The van der Waals surface area contributed by atoms with Crippen molar-refractivity contribution in [2.75, 3.05) is 13.7 Å². The van der Waals surface area contributed by atoms with Crippen molar-refractivity contribution in [2.45, 2.75) is 0 Å². The minimum atomic E-state index is -1.08. The van der Waals surface area contributed by atoms with Gasteiger partial charge in [-0.1, -0.05) is 24.0 Å². The Balaban J connectivity index is 2.34. The average Bonchev–Trinajstić information content (AvgIpc) is 2.75. The van der Waals surface area contributed by atoms with E-state index in [1.165, 1.54) is 7.11 Å². The predicted molar refractivity (Wildman–Crippen MR) is 82.4 cm³/mol. The lowest BCUT2D eigenvalue weighted by Gasteiger charge is -2.09. The molecule has 2 N–H and O–H groups in total. The van der Waals surface area contributed by atoms with Crippen molar-refractivity contribution < 1.29 is 24.2 Å². The third kappa shape index (κ3) is 3.96. The van der Waals surface area contributed by atoms with Crippen LogP contribution in [0, 0.1) is 0 Å². The number of hydrogen-bond donors (Lipinski definition) is 2. The van der Waals surface area contributed by atoms with Gasteiger partial charge in [0.1, 0.15) is 15.8 Å². The Labute approximate surface area is 130 Å². The van der Waals surface area contributed by atoms with Crippen LogP contribution in [0.3, 0.4) is 0 Å². The summed E-state index contributed by atoms with van der Waals surface area (Å²) < 4.78 is 10.7. The van der Waals surface area contributed by atoms with Crippen molar-refractivity contribution >= 4 is 46.3 Å². The summed E-state index contributed by atoms with van der Waals surface area (Å²) in [7, 11) is 1.51.